The van der Waals surface area contributed by atoms with Gasteiger partial charge < -0.3 is 24.6 Å². The van der Waals surface area contributed by atoms with Gasteiger partial charge in [-0.25, -0.2) is 0 Å². The molecule has 2 N–H and O–H groups in total. The quantitative estimate of drug-likeness (QED) is 0.250. The minimum Gasteiger partial charge on any atom is -0.550 e. The van der Waals surface area contributed by atoms with Crippen LogP contribution < -0.4 is 5.11 Å². The minimum atomic E-state index is -2.00. The Bertz CT molecular complexity index is 461. The maximum Gasteiger partial charge on any atom is 0.177 e. The van der Waals surface area contributed by atoms with Crippen LogP contribution in [0.25, 0.3) is 0 Å². The zero-order valence-electron chi connectivity index (χ0n) is 19.3. The van der Waals surface area contributed by atoms with Gasteiger partial charge in [0, 0.05) is 18.8 Å². The number of aliphatic hydroxyl groups excluding tert-OH is 1. The Morgan fingerprint density at radius 3 is 1.76 bits per heavy atom. The third-order valence-corrected chi connectivity index (χ3v) is 5.25. The molecule has 0 aromatic carbocycles. The molecule has 0 radical (unpaired) electrons. The van der Waals surface area contributed by atoms with Crippen LogP contribution in [0.3, 0.4) is 0 Å². The van der Waals surface area contributed by atoms with Crippen molar-refractivity contribution in [2.75, 3.05) is 27.7 Å². The highest BCUT2D eigenvalue weighted by Gasteiger charge is 2.41. The molecule has 0 aromatic rings. The second-order valence-electron chi connectivity index (χ2n) is 9.63. The van der Waals surface area contributed by atoms with Crippen LogP contribution in [-0.2, 0) is 9.59 Å². The first-order chi connectivity index (χ1) is 13.5. The van der Waals surface area contributed by atoms with Gasteiger partial charge in [-0.15, -0.1) is 0 Å². The lowest BCUT2D eigenvalue weighted by atomic mass is 9.88. The van der Waals surface area contributed by atoms with Crippen LogP contribution in [0.1, 0.15) is 96.8 Å². The second-order valence-corrected chi connectivity index (χ2v) is 9.63. The zero-order valence-corrected chi connectivity index (χ0v) is 19.3. The Morgan fingerprint density at radius 2 is 1.34 bits per heavy atom. The van der Waals surface area contributed by atoms with Crippen molar-refractivity contribution in [1.29, 1.82) is 0 Å². The van der Waals surface area contributed by atoms with E-state index in [9.17, 15) is 24.9 Å². The highest BCUT2D eigenvalue weighted by atomic mass is 16.4. The number of hydrogen-bond donors (Lipinski definition) is 2. The summed E-state index contributed by atoms with van der Waals surface area (Å²) in [6.45, 7) is 2.19. The molecule has 0 fully saturated rings. The zero-order chi connectivity index (χ0) is 22.3. The number of carbonyl (C=O) groups is 2. The molecular formula is C23H45NO5. The standard InChI is InChI=1S/C23H45NO5/c1-5-6-7-8-9-10-11-12-13-14-15-16-20(25)17-21(26)23(29,18-22(27)28)19-24(2,3)4/h20,25,29H,5-19H2,1-4H3. The minimum absolute atomic E-state index is 0.0367. The summed E-state index contributed by atoms with van der Waals surface area (Å²) in [5.74, 6) is -2.08. The predicted octanol–water partition coefficient (Wildman–Crippen LogP) is 2.58. The molecule has 0 aliphatic carbocycles. The number of aliphatic hydroxyl groups is 2. The van der Waals surface area contributed by atoms with Crippen LogP contribution in [0, 0.1) is 0 Å². The Morgan fingerprint density at radius 1 is 0.897 bits per heavy atom. The van der Waals surface area contributed by atoms with Crippen LogP contribution in [0.4, 0.5) is 0 Å². The van der Waals surface area contributed by atoms with Crippen LogP contribution >= 0.6 is 0 Å². The molecule has 0 rings (SSSR count). The van der Waals surface area contributed by atoms with E-state index in [-0.39, 0.29) is 17.4 Å². The third-order valence-electron chi connectivity index (χ3n) is 5.25. The highest BCUT2D eigenvalue weighted by molar-refractivity contribution is 5.91. The number of likely N-dealkylation sites (N-methyl/N-ethyl adjacent to an activating group) is 1. The number of carbonyl (C=O) groups excluding carboxylic acids is 2. The number of aliphatic carboxylic acids is 1. The number of ketones is 1. The summed E-state index contributed by atoms with van der Waals surface area (Å²) in [4.78, 5) is 23.5. The molecule has 29 heavy (non-hydrogen) atoms. The topological polar surface area (TPSA) is 97.7 Å². The Balaban J connectivity index is 4.05. The smallest absolute Gasteiger partial charge is 0.177 e. The fraction of sp³-hybridized carbons (Fsp3) is 0.913. The maximum atomic E-state index is 12.5. The number of hydrogen-bond acceptors (Lipinski definition) is 5. The highest BCUT2D eigenvalue weighted by Crippen LogP contribution is 2.20. The molecule has 0 saturated heterocycles. The van der Waals surface area contributed by atoms with Gasteiger partial charge in [-0.05, 0) is 6.42 Å². The van der Waals surface area contributed by atoms with E-state index in [1.807, 2.05) is 0 Å². The summed E-state index contributed by atoms with van der Waals surface area (Å²) in [5, 5.41) is 31.7. The van der Waals surface area contributed by atoms with Crippen molar-refractivity contribution < 1.29 is 29.4 Å². The molecule has 172 valence electrons. The molecule has 0 aliphatic rings. The lowest BCUT2D eigenvalue weighted by Crippen LogP contribution is -2.56. The summed E-state index contributed by atoms with van der Waals surface area (Å²) in [5.41, 5.74) is -2.00. The monoisotopic (exact) mass is 415 g/mol. The van der Waals surface area contributed by atoms with Crippen LogP contribution in [0.5, 0.6) is 0 Å². The molecule has 0 aromatic heterocycles. The molecule has 6 nitrogen and oxygen atoms in total. The van der Waals surface area contributed by atoms with Crippen LogP contribution in [0.15, 0.2) is 0 Å². The second kappa shape index (κ2) is 14.9. The molecule has 0 aliphatic heterocycles. The number of quaternary nitrogens is 1. The summed E-state index contributed by atoms with van der Waals surface area (Å²) in [6.07, 6.45) is 12.1. The van der Waals surface area contributed by atoms with E-state index in [0.717, 1.165) is 19.3 Å². The Hall–Kier alpha value is -0.980. The van der Waals surface area contributed by atoms with Gasteiger partial charge in [-0.1, -0.05) is 77.6 Å². The van der Waals surface area contributed by atoms with Gasteiger partial charge in [-0.2, -0.15) is 0 Å². The van der Waals surface area contributed by atoms with Gasteiger partial charge in [-0.3, -0.25) is 4.79 Å². The van der Waals surface area contributed by atoms with Crippen LogP contribution in [0.2, 0.25) is 0 Å². The van der Waals surface area contributed by atoms with Crippen molar-refractivity contribution >= 4 is 11.8 Å². The number of carboxylic acids is 1. The first-order valence-corrected chi connectivity index (χ1v) is 11.4. The summed E-state index contributed by atoms with van der Waals surface area (Å²) >= 11 is 0. The largest absolute Gasteiger partial charge is 0.550 e. The lowest BCUT2D eigenvalue weighted by Gasteiger charge is -2.35. The van der Waals surface area contributed by atoms with Crippen molar-refractivity contribution in [2.24, 2.45) is 0 Å². The molecule has 0 amide bonds. The maximum absolute atomic E-state index is 12.5. The molecule has 6 heteroatoms. The normalized spacial score (nSPS) is 15.1. The summed E-state index contributed by atoms with van der Waals surface area (Å²) in [7, 11) is 5.32. The first-order valence-electron chi connectivity index (χ1n) is 11.4. The third kappa shape index (κ3) is 15.5. The van der Waals surface area contributed by atoms with Gasteiger partial charge in [0.05, 0.1) is 27.2 Å². The average molecular weight is 416 g/mol. The van der Waals surface area contributed by atoms with E-state index in [0.29, 0.717) is 6.42 Å². The molecule has 0 heterocycles. The van der Waals surface area contributed by atoms with Crippen molar-refractivity contribution in [3.05, 3.63) is 0 Å². The molecule has 0 bridgehead atoms. The van der Waals surface area contributed by atoms with E-state index in [4.69, 9.17) is 0 Å². The van der Waals surface area contributed by atoms with E-state index < -0.39 is 29.9 Å². The Kier molecular flexibility index (Phi) is 14.4. The first kappa shape index (κ1) is 28.0. The van der Waals surface area contributed by atoms with Gasteiger partial charge in [0.25, 0.3) is 0 Å². The molecule has 2 atom stereocenters. The summed E-state index contributed by atoms with van der Waals surface area (Å²) < 4.78 is 0.240. The molecule has 0 spiro atoms. The van der Waals surface area contributed by atoms with E-state index in [2.05, 4.69) is 6.92 Å². The summed E-state index contributed by atoms with van der Waals surface area (Å²) in [6, 6.07) is 0. The predicted molar refractivity (Wildman–Crippen MR) is 114 cm³/mol. The van der Waals surface area contributed by atoms with Crippen molar-refractivity contribution in [3.63, 3.8) is 0 Å². The fourth-order valence-corrected chi connectivity index (χ4v) is 3.82. The van der Waals surface area contributed by atoms with Crippen molar-refractivity contribution in [1.82, 2.24) is 0 Å². The van der Waals surface area contributed by atoms with Gasteiger partial charge in [0.15, 0.2) is 11.4 Å². The fourth-order valence-electron chi connectivity index (χ4n) is 3.82. The van der Waals surface area contributed by atoms with Gasteiger partial charge in [0.2, 0.25) is 0 Å². The number of carboxylic acid groups (broad SMARTS) is 1. The number of Topliss-reactive ketones (excluding diaryl/α,β-unsaturated/α-hetero) is 1. The van der Waals surface area contributed by atoms with Gasteiger partial charge >= 0.3 is 0 Å². The van der Waals surface area contributed by atoms with Crippen molar-refractivity contribution in [2.45, 2.75) is 109 Å². The van der Waals surface area contributed by atoms with Gasteiger partial charge in [0.1, 0.15) is 6.54 Å². The van der Waals surface area contributed by atoms with Crippen molar-refractivity contribution in [3.8, 4) is 0 Å². The lowest BCUT2D eigenvalue weighted by molar-refractivity contribution is -0.875. The van der Waals surface area contributed by atoms with E-state index in [1.54, 1.807) is 21.1 Å². The van der Waals surface area contributed by atoms with Crippen LogP contribution in [-0.4, -0.2) is 65.8 Å². The average Bonchev–Trinajstić information content (AvgIpc) is 2.57. The van der Waals surface area contributed by atoms with E-state index >= 15 is 0 Å². The molecular weight excluding hydrogens is 370 g/mol. The Labute approximate surface area is 177 Å². The number of nitrogens with zero attached hydrogens (tertiary/aromatic N) is 1. The molecule has 0 saturated carbocycles. The SMILES string of the molecule is CCCCCCCCCCCCCC(O)CC(=O)C(O)(CC(=O)[O-])C[N+](C)(C)C. The molecule has 2 unspecified atom stereocenters. The number of unbranched alkanes of at least 4 members (excludes halogenated alkanes) is 10. The van der Waals surface area contributed by atoms with E-state index in [1.165, 1.54) is 51.4 Å². The number of rotatable bonds is 19.